The predicted octanol–water partition coefficient (Wildman–Crippen LogP) is 3.21. The van der Waals surface area contributed by atoms with Crippen LogP contribution < -0.4 is 10.6 Å². The van der Waals surface area contributed by atoms with Crippen LogP contribution in [-0.4, -0.2) is 36.6 Å². The number of carbonyl (C=O) groups is 1. The zero-order valence-electron chi connectivity index (χ0n) is 12.6. The molecular weight excluding hydrogens is 269 g/mol. The van der Waals surface area contributed by atoms with Crippen LogP contribution >= 0.6 is 0 Å². The van der Waals surface area contributed by atoms with E-state index < -0.39 is 0 Å². The number of unbranched alkanes of at least 4 members (excludes halogenated alkanes) is 1. The Morgan fingerprint density at radius 1 is 1.52 bits per heavy atom. The number of amides is 2. The Kier molecular flexibility index (Phi) is 5.99. The minimum Gasteiger partial charge on any atom is -0.323 e. The van der Waals surface area contributed by atoms with E-state index in [2.05, 4.69) is 17.6 Å². The van der Waals surface area contributed by atoms with Gasteiger partial charge >= 0.3 is 6.03 Å². The molecule has 1 aliphatic rings. The van der Waals surface area contributed by atoms with E-state index in [-0.39, 0.29) is 11.8 Å². The predicted molar refractivity (Wildman–Crippen MR) is 82.9 cm³/mol. The van der Waals surface area contributed by atoms with Gasteiger partial charge in [0.25, 0.3) is 0 Å². The maximum atomic E-state index is 13.2. The molecule has 1 saturated heterocycles. The van der Waals surface area contributed by atoms with E-state index in [1.807, 2.05) is 4.90 Å². The molecule has 1 unspecified atom stereocenters. The molecule has 5 heteroatoms. The van der Waals surface area contributed by atoms with Crippen molar-refractivity contribution in [1.29, 1.82) is 0 Å². The summed E-state index contributed by atoms with van der Waals surface area (Å²) < 4.78 is 13.2. The number of hydrogen-bond donors (Lipinski definition) is 2. The van der Waals surface area contributed by atoms with Gasteiger partial charge in [0.1, 0.15) is 5.82 Å². The van der Waals surface area contributed by atoms with Crippen LogP contribution in [0, 0.1) is 5.82 Å². The highest BCUT2D eigenvalue weighted by Crippen LogP contribution is 2.12. The van der Waals surface area contributed by atoms with Crippen molar-refractivity contribution >= 4 is 11.7 Å². The molecule has 1 heterocycles. The molecule has 1 fully saturated rings. The summed E-state index contributed by atoms with van der Waals surface area (Å²) in [7, 11) is 0. The number of benzene rings is 1. The van der Waals surface area contributed by atoms with Crippen LogP contribution in [-0.2, 0) is 0 Å². The fourth-order valence-corrected chi connectivity index (χ4v) is 2.57. The second-order valence-corrected chi connectivity index (χ2v) is 5.53. The molecule has 0 saturated carbocycles. The van der Waals surface area contributed by atoms with Gasteiger partial charge in [-0.25, -0.2) is 9.18 Å². The highest BCUT2D eigenvalue weighted by atomic mass is 19.1. The van der Waals surface area contributed by atoms with Crippen molar-refractivity contribution in [3.05, 3.63) is 30.1 Å². The summed E-state index contributed by atoms with van der Waals surface area (Å²) in [6.07, 6.45) is 4.29. The average molecular weight is 293 g/mol. The number of carbonyl (C=O) groups excluding carboxylic acids is 1. The normalized spacial score (nSPS) is 17.7. The van der Waals surface area contributed by atoms with E-state index >= 15 is 0 Å². The molecule has 1 aromatic rings. The van der Waals surface area contributed by atoms with Crippen molar-refractivity contribution in [2.75, 3.05) is 25.0 Å². The number of hydrogen-bond acceptors (Lipinski definition) is 2. The molecule has 2 N–H and O–H groups in total. The topological polar surface area (TPSA) is 44.4 Å². The van der Waals surface area contributed by atoms with Crippen LogP contribution in [0.4, 0.5) is 14.9 Å². The van der Waals surface area contributed by atoms with Crippen molar-refractivity contribution in [1.82, 2.24) is 10.2 Å². The molecule has 0 spiro atoms. The number of nitrogens with zero attached hydrogens (tertiary/aromatic N) is 1. The first kappa shape index (κ1) is 15.8. The van der Waals surface area contributed by atoms with Crippen LogP contribution in [0.3, 0.4) is 0 Å². The smallest absolute Gasteiger partial charge is 0.321 e. The van der Waals surface area contributed by atoms with Crippen molar-refractivity contribution in [2.24, 2.45) is 0 Å². The number of nitrogens with one attached hydrogen (secondary N) is 2. The first-order valence-electron chi connectivity index (χ1n) is 7.74. The first-order chi connectivity index (χ1) is 10.2. The lowest BCUT2D eigenvalue weighted by Crippen LogP contribution is -2.43. The number of rotatable bonds is 6. The molecular formula is C16H24FN3O. The highest BCUT2D eigenvalue weighted by molar-refractivity contribution is 5.89. The Labute approximate surface area is 125 Å². The lowest BCUT2D eigenvalue weighted by atomic mass is 10.2. The zero-order valence-corrected chi connectivity index (χ0v) is 12.6. The Morgan fingerprint density at radius 2 is 2.38 bits per heavy atom. The summed E-state index contributed by atoms with van der Waals surface area (Å²) in [6.45, 7) is 4.57. The quantitative estimate of drug-likeness (QED) is 0.846. The number of anilines is 1. The Bertz CT molecular complexity index is 461. The molecule has 2 rings (SSSR count). The minimum atomic E-state index is -0.342. The summed E-state index contributed by atoms with van der Waals surface area (Å²) in [4.78, 5) is 14.2. The van der Waals surface area contributed by atoms with E-state index in [4.69, 9.17) is 0 Å². The van der Waals surface area contributed by atoms with Gasteiger partial charge in [-0.2, -0.15) is 0 Å². The van der Waals surface area contributed by atoms with Crippen molar-refractivity contribution < 1.29 is 9.18 Å². The van der Waals surface area contributed by atoms with Gasteiger partial charge in [0.05, 0.1) is 0 Å². The highest BCUT2D eigenvalue weighted by Gasteiger charge is 2.21. The molecule has 0 bridgehead atoms. The Morgan fingerprint density at radius 3 is 3.05 bits per heavy atom. The third-order valence-electron chi connectivity index (χ3n) is 3.75. The third-order valence-corrected chi connectivity index (χ3v) is 3.75. The number of halogens is 1. The lowest BCUT2D eigenvalue weighted by molar-refractivity contribution is 0.205. The summed E-state index contributed by atoms with van der Waals surface area (Å²) >= 11 is 0. The fraction of sp³-hybridized carbons (Fsp3) is 0.562. The van der Waals surface area contributed by atoms with E-state index in [0.717, 1.165) is 38.8 Å². The van der Waals surface area contributed by atoms with Gasteiger partial charge in [-0.3, -0.25) is 0 Å². The molecule has 1 atom stereocenters. The van der Waals surface area contributed by atoms with E-state index in [1.165, 1.54) is 12.1 Å². The van der Waals surface area contributed by atoms with Gasteiger partial charge < -0.3 is 15.5 Å². The molecule has 2 amide bonds. The van der Waals surface area contributed by atoms with Crippen molar-refractivity contribution in [2.45, 2.75) is 38.6 Å². The van der Waals surface area contributed by atoms with Gasteiger partial charge in [-0.05, 0) is 44.0 Å². The molecule has 1 aromatic carbocycles. The van der Waals surface area contributed by atoms with E-state index in [0.29, 0.717) is 18.3 Å². The Balaban J connectivity index is 1.95. The van der Waals surface area contributed by atoms with Gasteiger partial charge in [0, 0.05) is 24.8 Å². The van der Waals surface area contributed by atoms with Gasteiger partial charge in [0.15, 0.2) is 0 Å². The summed E-state index contributed by atoms with van der Waals surface area (Å²) in [6, 6.07) is 6.23. The van der Waals surface area contributed by atoms with Gasteiger partial charge in [0.2, 0.25) is 0 Å². The SMILES string of the molecule is CCCCN(CC1CCCN1)C(=O)Nc1cccc(F)c1. The second kappa shape index (κ2) is 7.98. The minimum absolute atomic E-state index is 0.150. The van der Waals surface area contributed by atoms with Crippen LogP contribution in [0.5, 0.6) is 0 Å². The second-order valence-electron chi connectivity index (χ2n) is 5.53. The summed E-state index contributed by atoms with van der Waals surface area (Å²) in [5, 5.41) is 6.19. The van der Waals surface area contributed by atoms with Crippen LogP contribution in [0.25, 0.3) is 0 Å². The molecule has 1 aliphatic heterocycles. The van der Waals surface area contributed by atoms with Gasteiger partial charge in [-0.15, -0.1) is 0 Å². The zero-order chi connectivity index (χ0) is 15.1. The first-order valence-corrected chi connectivity index (χ1v) is 7.74. The van der Waals surface area contributed by atoms with Crippen LogP contribution in [0.15, 0.2) is 24.3 Å². The standard InChI is InChI=1S/C16H24FN3O/c1-2-3-10-20(12-15-8-5-9-18-15)16(21)19-14-7-4-6-13(17)11-14/h4,6-7,11,15,18H,2-3,5,8-10,12H2,1H3,(H,19,21). The maximum Gasteiger partial charge on any atom is 0.321 e. The van der Waals surface area contributed by atoms with Crippen molar-refractivity contribution in [3.63, 3.8) is 0 Å². The van der Waals surface area contributed by atoms with Crippen molar-refractivity contribution in [3.8, 4) is 0 Å². The number of urea groups is 1. The van der Waals surface area contributed by atoms with Gasteiger partial charge in [-0.1, -0.05) is 19.4 Å². The average Bonchev–Trinajstić information content (AvgIpc) is 2.96. The molecule has 21 heavy (non-hydrogen) atoms. The van der Waals surface area contributed by atoms with E-state index in [9.17, 15) is 9.18 Å². The maximum absolute atomic E-state index is 13.2. The lowest BCUT2D eigenvalue weighted by Gasteiger charge is -2.26. The molecule has 116 valence electrons. The molecule has 4 nitrogen and oxygen atoms in total. The van der Waals surface area contributed by atoms with Crippen LogP contribution in [0.2, 0.25) is 0 Å². The third kappa shape index (κ3) is 5.01. The molecule has 0 aliphatic carbocycles. The fourth-order valence-electron chi connectivity index (χ4n) is 2.57. The van der Waals surface area contributed by atoms with Crippen LogP contribution in [0.1, 0.15) is 32.6 Å². The van der Waals surface area contributed by atoms with E-state index in [1.54, 1.807) is 12.1 Å². The summed E-state index contributed by atoms with van der Waals surface area (Å²) in [5.74, 6) is -0.342. The Hall–Kier alpha value is -1.62. The monoisotopic (exact) mass is 293 g/mol. The largest absolute Gasteiger partial charge is 0.323 e. The molecule has 0 radical (unpaired) electrons. The molecule has 0 aromatic heterocycles. The summed E-state index contributed by atoms with van der Waals surface area (Å²) in [5.41, 5.74) is 0.501.